The second kappa shape index (κ2) is 9.47. The van der Waals surface area contributed by atoms with E-state index in [0.29, 0.717) is 18.7 Å². The fourth-order valence-corrected chi connectivity index (χ4v) is 2.48. The van der Waals surface area contributed by atoms with E-state index in [1.165, 1.54) is 11.1 Å². The molecule has 25 heavy (non-hydrogen) atoms. The summed E-state index contributed by atoms with van der Waals surface area (Å²) in [5.74, 6) is 0.677. The van der Waals surface area contributed by atoms with E-state index in [9.17, 15) is 4.79 Å². The highest BCUT2D eigenvalue weighted by atomic mass is 16.1. The summed E-state index contributed by atoms with van der Waals surface area (Å²) < 4.78 is 0. The molecule has 1 amide bonds. The summed E-state index contributed by atoms with van der Waals surface area (Å²) in [6.45, 7) is 6.13. The van der Waals surface area contributed by atoms with E-state index in [1.54, 1.807) is 13.1 Å². The Hall–Kier alpha value is -2.82. The van der Waals surface area contributed by atoms with E-state index in [-0.39, 0.29) is 5.91 Å². The molecule has 0 aliphatic heterocycles. The predicted molar refractivity (Wildman–Crippen MR) is 103 cm³/mol. The minimum absolute atomic E-state index is 0.0816. The molecule has 0 saturated carbocycles. The molecule has 0 fully saturated rings. The van der Waals surface area contributed by atoms with Crippen LogP contribution in [0, 0.1) is 6.92 Å². The number of aryl methyl sites for hydroxylation is 1. The summed E-state index contributed by atoms with van der Waals surface area (Å²) in [4.78, 5) is 16.4. The Kier molecular flexibility index (Phi) is 7.01. The highest BCUT2D eigenvalue weighted by Crippen LogP contribution is 2.06. The van der Waals surface area contributed by atoms with E-state index in [0.717, 1.165) is 18.1 Å². The molecule has 0 atom stereocenters. The molecule has 0 radical (unpaired) electrons. The van der Waals surface area contributed by atoms with Crippen molar-refractivity contribution in [1.29, 1.82) is 0 Å². The molecule has 2 aromatic carbocycles. The van der Waals surface area contributed by atoms with Crippen molar-refractivity contribution < 1.29 is 4.79 Å². The van der Waals surface area contributed by atoms with Gasteiger partial charge < -0.3 is 16.0 Å². The third kappa shape index (κ3) is 5.95. The number of guanidine groups is 1. The highest BCUT2D eigenvalue weighted by Gasteiger charge is 2.04. The van der Waals surface area contributed by atoms with E-state index in [4.69, 9.17) is 0 Å². The van der Waals surface area contributed by atoms with Crippen LogP contribution in [0.25, 0.3) is 0 Å². The van der Waals surface area contributed by atoms with Gasteiger partial charge in [-0.1, -0.05) is 42.0 Å². The molecule has 3 N–H and O–H groups in total. The first-order chi connectivity index (χ1) is 12.1. The zero-order valence-corrected chi connectivity index (χ0v) is 15.1. The zero-order valence-electron chi connectivity index (χ0n) is 15.1. The third-order valence-electron chi connectivity index (χ3n) is 3.72. The Labute approximate surface area is 149 Å². The number of nitrogens with zero attached hydrogens (tertiary/aromatic N) is 1. The molecule has 2 aromatic rings. The lowest BCUT2D eigenvalue weighted by Gasteiger charge is -2.12. The van der Waals surface area contributed by atoms with E-state index < -0.39 is 0 Å². The second-order valence-electron chi connectivity index (χ2n) is 5.82. The SMILES string of the molecule is CCNC(=NCc1cccc(C)c1)NCc1cccc(C(=O)NC)c1. The smallest absolute Gasteiger partial charge is 0.251 e. The molecule has 0 aromatic heterocycles. The van der Waals surface area contributed by atoms with E-state index in [2.05, 4.69) is 46.1 Å². The van der Waals surface area contributed by atoms with Crippen molar-refractivity contribution in [3.05, 3.63) is 70.8 Å². The Morgan fingerprint density at radius 3 is 2.52 bits per heavy atom. The van der Waals surface area contributed by atoms with Crippen LogP contribution in [-0.4, -0.2) is 25.5 Å². The first-order valence-electron chi connectivity index (χ1n) is 8.51. The van der Waals surface area contributed by atoms with Crippen molar-refractivity contribution in [2.24, 2.45) is 4.99 Å². The van der Waals surface area contributed by atoms with Crippen LogP contribution >= 0.6 is 0 Å². The van der Waals surface area contributed by atoms with Crippen molar-refractivity contribution >= 4 is 11.9 Å². The molecule has 0 aliphatic carbocycles. The van der Waals surface area contributed by atoms with Gasteiger partial charge in [-0.15, -0.1) is 0 Å². The minimum atomic E-state index is -0.0816. The maximum atomic E-state index is 11.7. The van der Waals surface area contributed by atoms with Crippen LogP contribution in [0.15, 0.2) is 53.5 Å². The molecule has 132 valence electrons. The standard InChI is InChI=1S/C20H26N4O/c1-4-22-20(23-13-16-8-5-7-15(2)11-16)24-14-17-9-6-10-18(12-17)19(25)21-3/h5-12H,4,13-14H2,1-3H3,(H,21,25)(H2,22,23,24). The van der Waals surface area contributed by atoms with Crippen molar-refractivity contribution in [3.8, 4) is 0 Å². The number of hydrogen-bond donors (Lipinski definition) is 3. The average Bonchev–Trinajstić information content (AvgIpc) is 2.63. The Bertz CT molecular complexity index is 740. The summed E-state index contributed by atoms with van der Waals surface area (Å²) in [6, 6.07) is 15.9. The van der Waals surface area contributed by atoms with Gasteiger partial charge in [-0.2, -0.15) is 0 Å². The summed E-state index contributed by atoms with van der Waals surface area (Å²) >= 11 is 0. The van der Waals surface area contributed by atoms with Crippen molar-refractivity contribution in [1.82, 2.24) is 16.0 Å². The van der Waals surface area contributed by atoms with Crippen LogP contribution in [-0.2, 0) is 13.1 Å². The quantitative estimate of drug-likeness (QED) is 0.560. The molecular formula is C20H26N4O. The van der Waals surface area contributed by atoms with Crippen LogP contribution < -0.4 is 16.0 Å². The summed E-state index contributed by atoms with van der Waals surface area (Å²) in [7, 11) is 1.63. The number of aliphatic imine (C=N–C) groups is 1. The van der Waals surface area contributed by atoms with Gasteiger partial charge in [0.25, 0.3) is 5.91 Å². The van der Waals surface area contributed by atoms with Crippen LogP contribution in [0.1, 0.15) is 34.0 Å². The molecule has 0 saturated heterocycles. The number of nitrogens with one attached hydrogen (secondary N) is 3. The molecule has 0 unspecified atom stereocenters. The molecule has 0 spiro atoms. The van der Waals surface area contributed by atoms with Crippen LogP contribution in [0.3, 0.4) is 0 Å². The Morgan fingerprint density at radius 1 is 1.04 bits per heavy atom. The second-order valence-corrected chi connectivity index (χ2v) is 5.82. The van der Waals surface area contributed by atoms with Gasteiger partial charge in [0.1, 0.15) is 0 Å². The van der Waals surface area contributed by atoms with Crippen LogP contribution in [0.2, 0.25) is 0 Å². The van der Waals surface area contributed by atoms with Gasteiger partial charge in [0, 0.05) is 25.7 Å². The van der Waals surface area contributed by atoms with Crippen molar-refractivity contribution in [2.75, 3.05) is 13.6 Å². The maximum absolute atomic E-state index is 11.7. The molecule has 2 rings (SSSR count). The lowest BCUT2D eigenvalue weighted by molar-refractivity contribution is 0.0963. The molecule has 0 heterocycles. The fourth-order valence-electron chi connectivity index (χ4n) is 2.48. The topological polar surface area (TPSA) is 65.5 Å². The van der Waals surface area contributed by atoms with Gasteiger partial charge in [0.2, 0.25) is 0 Å². The fraction of sp³-hybridized carbons (Fsp3) is 0.300. The first kappa shape index (κ1) is 18.5. The van der Waals surface area contributed by atoms with Gasteiger partial charge in [-0.25, -0.2) is 4.99 Å². The highest BCUT2D eigenvalue weighted by molar-refractivity contribution is 5.94. The van der Waals surface area contributed by atoms with Gasteiger partial charge in [0.05, 0.1) is 6.54 Å². The Morgan fingerprint density at radius 2 is 1.80 bits per heavy atom. The van der Waals surface area contributed by atoms with E-state index >= 15 is 0 Å². The van der Waals surface area contributed by atoms with Crippen molar-refractivity contribution in [2.45, 2.75) is 26.9 Å². The summed E-state index contributed by atoms with van der Waals surface area (Å²) in [6.07, 6.45) is 0. The van der Waals surface area contributed by atoms with Gasteiger partial charge >= 0.3 is 0 Å². The maximum Gasteiger partial charge on any atom is 0.251 e. The minimum Gasteiger partial charge on any atom is -0.357 e. The van der Waals surface area contributed by atoms with Gasteiger partial charge in [0.15, 0.2) is 5.96 Å². The lowest BCUT2D eigenvalue weighted by Crippen LogP contribution is -2.36. The van der Waals surface area contributed by atoms with Crippen LogP contribution in [0.4, 0.5) is 0 Å². The number of carbonyl (C=O) groups excluding carboxylic acids is 1. The van der Waals surface area contributed by atoms with Gasteiger partial charge in [-0.05, 0) is 37.1 Å². The number of amides is 1. The third-order valence-corrected chi connectivity index (χ3v) is 3.72. The zero-order chi connectivity index (χ0) is 18.1. The molecule has 5 heteroatoms. The Balaban J connectivity index is 2.01. The molecule has 5 nitrogen and oxygen atoms in total. The normalized spacial score (nSPS) is 11.1. The largest absolute Gasteiger partial charge is 0.357 e. The summed E-state index contributed by atoms with van der Waals surface area (Å²) in [5.41, 5.74) is 4.10. The average molecular weight is 338 g/mol. The lowest BCUT2D eigenvalue weighted by atomic mass is 10.1. The monoisotopic (exact) mass is 338 g/mol. The van der Waals surface area contributed by atoms with Crippen molar-refractivity contribution in [3.63, 3.8) is 0 Å². The predicted octanol–water partition coefficient (Wildman–Crippen LogP) is 2.61. The molecule has 0 bridgehead atoms. The number of rotatable bonds is 6. The molecule has 0 aliphatic rings. The number of benzene rings is 2. The van der Waals surface area contributed by atoms with Crippen LogP contribution in [0.5, 0.6) is 0 Å². The summed E-state index contributed by atoms with van der Waals surface area (Å²) in [5, 5.41) is 9.20. The number of carbonyl (C=O) groups is 1. The van der Waals surface area contributed by atoms with Gasteiger partial charge in [-0.3, -0.25) is 4.79 Å². The first-order valence-corrected chi connectivity index (χ1v) is 8.51. The number of hydrogen-bond acceptors (Lipinski definition) is 2. The molecular weight excluding hydrogens is 312 g/mol. The van der Waals surface area contributed by atoms with E-state index in [1.807, 2.05) is 31.2 Å².